The predicted molar refractivity (Wildman–Crippen MR) is 106 cm³/mol. The van der Waals surface area contributed by atoms with Gasteiger partial charge in [0.05, 0.1) is 11.9 Å². The lowest BCUT2D eigenvalue weighted by Gasteiger charge is -2.10. The zero-order chi connectivity index (χ0) is 19.7. The van der Waals surface area contributed by atoms with Crippen LogP contribution in [0, 0.1) is 0 Å². The Bertz CT molecular complexity index is 990. The first kappa shape index (κ1) is 19.2. The molecule has 2 aromatic heterocycles. The quantitative estimate of drug-likeness (QED) is 0.415. The highest BCUT2D eigenvalue weighted by Gasteiger charge is 2.30. The van der Waals surface area contributed by atoms with E-state index in [0.717, 1.165) is 32.3 Å². The van der Waals surface area contributed by atoms with Crippen LogP contribution in [-0.4, -0.2) is 50.5 Å². The number of anilines is 2. The van der Waals surface area contributed by atoms with Gasteiger partial charge < -0.3 is 15.8 Å². The minimum atomic E-state index is -0.749. The van der Waals surface area contributed by atoms with Crippen LogP contribution in [0.3, 0.4) is 0 Å². The zero-order valence-electron chi connectivity index (χ0n) is 15.0. The van der Waals surface area contributed by atoms with Crippen molar-refractivity contribution in [3.8, 4) is 0 Å². The molecule has 1 aliphatic heterocycles. The highest BCUT2D eigenvalue weighted by atomic mass is 32.2. The molecule has 0 amide bonds. The molecule has 2 aliphatic rings. The fourth-order valence-electron chi connectivity index (χ4n) is 3.08. The molecule has 0 radical (unpaired) electrons. The van der Waals surface area contributed by atoms with Gasteiger partial charge in [-0.05, 0) is 25.7 Å². The molecule has 2 aromatic rings. The number of carbonyl (C=O) groups excluding carboxylic acids is 1. The van der Waals surface area contributed by atoms with Crippen LogP contribution in [0.5, 0.6) is 0 Å². The number of thioether (sulfide) groups is 1. The van der Waals surface area contributed by atoms with Gasteiger partial charge >= 0.3 is 5.69 Å². The van der Waals surface area contributed by atoms with E-state index in [1.54, 1.807) is 0 Å². The minimum Gasteiger partial charge on any atom is -0.384 e. The SMILES string of the molecule is Nc1c(C(=O)CSc2nnc(NC[C@H]3CCCO3)s2)c(=O)[nH]c(=O)n1C1CC1. The molecule has 28 heavy (non-hydrogen) atoms. The van der Waals surface area contributed by atoms with Crippen LogP contribution in [0.25, 0.3) is 0 Å². The summed E-state index contributed by atoms with van der Waals surface area (Å²) < 4.78 is 7.45. The third-order valence-electron chi connectivity index (χ3n) is 4.61. The topological polar surface area (TPSA) is 145 Å². The highest BCUT2D eigenvalue weighted by molar-refractivity contribution is 8.01. The zero-order valence-corrected chi connectivity index (χ0v) is 16.6. The van der Waals surface area contributed by atoms with Crippen LogP contribution in [0.4, 0.5) is 10.9 Å². The van der Waals surface area contributed by atoms with Crippen LogP contribution >= 0.6 is 23.1 Å². The van der Waals surface area contributed by atoms with Crippen molar-refractivity contribution in [1.82, 2.24) is 19.7 Å². The fourth-order valence-corrected chi connectivity index (χ4v) is 4.71. The first-order valence-corrected chi connectivity index (χ1v) is 10.8. The van der Waals surface area contributed by atoms with Gasteiger partial charge in [-0.2, -0.15) is 0 Å². The van der Waals surface area contributed by atoms with Crippen molar-refractivity contribution in [3.05, 3.63) is 26.4 Å². The smallest absolute Gasteiger partial charge is 0.330 e. The van der Waals surface area contributed by atoms with E-state index in [1.165, 1.54) is 27.7 Å². The number of nitrogens with two attached hydrogens (primary N) is 1. The van der Waals surface area contributed by atoms with Crippen molar-refractivity contribution in [2.24, 2.45) is 0 Å². The average Bonchev–Trinajstić information content (AvgIpc) is 3.17. The molecular formula is C16H20N6O4S2. The predicted octanol–water partition coefficient (Wildman–Crippen LogP) is 0.871. The van der Waals surface area contributed by atoms with Crippen molar-refractivity contribution in [3.63, 3.8) is 0 Å². The third kappa shape index (κ3) is 4.13. The van der Waals surface area contributed by atoms with Gasteiger partial charge in [0.1, 0.15) is 11.4 Å². The molecule has 10 nitrogen and oxygen atoms in total. The monoisotopic (exact) mass is 424 g/mol. The van der Waals surface area contributed by atoms with Crippen LogP contribution in [-0.2, 0) is 4.74 Å². The minimum absolute atomic E-state index is 0.0173. The van der Waals surface area contributed by atoms with E-state index in [2.05, 4.69) is 20.5 Å². The Balaban J connectivity index is 1.39. The van der Waals surface area contributed by atoms with Gasteiger partial charge in [-0.15, -0.1) is 10.2 Å². The number of aromatic nitrogens is 4. The number of nitrogens with one attached hydrogen (secondary N) is 2. The van der Waals surface area contributed by atoms with Crippen molar-refractivity contribution < 1.29 is 9.53 Å². The lowest BCUT2D eigenvalue weighted by molar-refractivity contribution is 0.102. The standard InChI is InChI=1S/C16H20N6O4S2/c17-12-11(13(24)19-15(25)22(12)8-3-4-8)10(23)7-27-16-21-20-14(28-16)18-6-9-2-1-5-26-9/h8-9H,1-7,17H2,(H,18,20)(H,19,24,25)/t9-/m1/s1. The second kappa shape index (κ2) is 8.05. The van der Waals surface area contributed by atoms with Gasteiger partial charge in [-0.3, -0.25) is 19.1 Å². The van der Waals surface area contributed by atoms with Crippen molar-refractivity contribution in [1.29, 1.82) is 0 Å². The third-order valence-corrected chi connectivity index (χ3v) is 6.63. The molecule has 1 atom stereocenters. The van der Waals surface area contributed by atoms with Crippen LogP contribution in [0.2, 0.25) is 0 Å². The van der Waals surface area contributed by atoms with Gasteiger partial charge in [0, 0.05) is 19.2 Å². The summed E-state index contributed by atoms with van der Waals surface area (Å²) in [6.45, 7) is 1.47. The molecule has 12 heteroatoms. The van der Waals surface area contributed by atoms with E-state index in [9.17, 15) is 14.4 Å². The molecule has 2 fully saturated rings. The molecule has 0 unspecified atom stereocenters. The van der Waals surface area contributed by atoms with E-state index < -0.39 is 17.0 Å². The summed E-state index contributed by atoms with van der Waals surface area (Å²) in [6.07, 6.45) is 3.91. The highest BCUT2D eigenvalue weighted by Crippen LogP contribution is 2.35. The maximum absolute atomic E-state index is 12.6. The van der Waals surface area contributed by atoms with Gasteiger partial charge in [-0.25, -0.2) is 4.79 Å². The Hall–Kier alpha value is -2.18. The molecule has 4 N–H and O–H groups in total. The number of H-pyrrole nitrogens is 1. The summed E-state index contributed by atoms with van der Waals surface area (Å²) in [5.74, 6) is -0.517. The Kier molecular flexibility index (Phi) is 5.51. The number of rotatable bonds is 8. The Labute approximate surface area is 167 Å². The largest absolute Gasteiger partial charge is 0.384 e. The fraction of sp³-hybridized carbons (Fsp3) is 0.562. The van der Waals surface area contributed by atoms with Gasteiger partial charge in [0.25, 0.3) is 5.56 Å². The Morgan fingerprint density at radius 3 is 2.89 bits per heavy atom. The number of Topliss-reactive ketones (excluding diaryl/α,β-unsaturated/α-hetero) is 1. The van der Waals surface area contributed by atoms with E-state index in [4.69, 9.17) is 10.5 Å². The molecule has 0 spiro atoms. The van der Waals surface area contributed by atoms with Gasteiger partial charge in [-0.1, -0.05) is 23.1 Å². The molecule has 1 saturated carbocycles. The number of nitrogen functional groups attached to an aromatic ring is 1. The van der Waals surface area contributed by atoms with Crippen molar-refractivity contribution >= 4 is 39.8 Å². The second-order valence-electron chi connectivity index (χ2n) is 6.72. The molecule has 0 bridgehead atoms. The number of carbonyl (C=O) groups is 1. The summed E-state index contributed by atoms with van der Waals surface area (Å²) in [7, 11) is 0. The maximum Gasteiger partial charge on any atom is 0.330 e. The lowest BCUT2D eigenvalue weighted by atomic mass is 10.2. The molecule has 150 valence electrons. The van der Waals surface area contributed by atoms with E-state index >= 15 is 0 Å². The first-order valence-electron chi connectivity index (χ1n) is 9.02. The molecule has 1 saturated heterocycles. The molecular weight excluding hydrogens is 404 g/mol. The lowest BCUT2D eigenvalue weighted by Crippen LogP contribution is -2.36. The van der Waals surface area contributed by atoms with Crippen LogP contribution in [0.15, 0.2) is 13.9 Å². The second-order valence-corrected chi connectivity index (χ2v) is 8.92. The number of ketones is 1. The van der Waals surface area contributed by atoms with Gasteiger partial charge in [0.15, 0.2) is 10.1 Å². The summed E-state index contributed by atoms with van der Waals surface area (Å²) in [5, 5.41) is 11.9. The Morgan fingerprint density at radius 2 is 2.18 bits per heavy atom. The molecule has 1 aliphatic carbocycles. The summed E-state index contributed by atoms with van der Waals surface area (Å²) in [5.41, 5.74) is 4.48. The normalized spacial score (nSPS) is 19.1. The van der Waals surface area contributed by atoms with E-state index in [1.807, 2.05) is 0 Å². The molecule has 0 aromatic carbocycles. The first-order chi connectivity index (χ1) is 13.5. The van der Waals surface area contributed by atoms with Gasteiger partial charge in [0.2, 0.25) is 5.13 Å². The number of ether oxygens (including phenoxy) is 1. The van der Waals surface area contributed by atoms with Crippen molar-refractivity contribution in [2.75, 3.05) is 30.0 Å². The van der Waals surface area contributed by atoms with E-state index in [-0.39, 0.29) is 29.3 Å². The molecule has 3 heterocycles. The Morgan fingerprint density at radius 1 is 1.36 bits per heavy atom. The number of nitrogens with zero attached hydrogens (tertiary/aromatic N) is 3. The van der Waals surface area contributed by atoms with Crippen LogP contribution < -0.4 is 22.3 Å². The summed E-state index contributed by atoms with van der Waals surface area (Å²) >= 11 is 2.51. The van der Waals surface area contributed by atoms with E-state index in [0.29, 0.717) is 16.0 Å². The average molecular weight is 425 g/mol. The number of hydrogen-bond donors (Lipinski definition) is 3. The molecule has 4 rings (SSSR count). The summed E-state index contributed by atoms with van der Waals surface area (Å²) in [6, 6.07) is -0.0378. The number of aromatic amines is 1. The maximum atomic E-state index is 12.6. The number of hydrogen-bond acceptors (Lipinski definition) is 10. The van der Waals surface area contributed by atoms with Crippen molar-refractivity contribution in [2.45, 2.75) is 42.2 Å². The van der Waals surface area contributed by atoms with Crippen LogP contribution in [0.1, 0.15) is 42.1 Å². The summed E-state index contributed by atoms with van der Waals surface area (Å²) in [4.78, 5) is 38.8.